The lowest BCUT2D eigenvalue weighted by atomic mass is 9.79. The molecule has 5 nitrogen and oxygen atoms in total. The number of hydrogen-bond acceptors (Lipinski definition) is 4. The molecule has 0 amide bonds. The number of rotatable bonds is 3. The average molecular weight is 195 g/mol. The summed E-state index contributed by atoms with van der Waals surface area (Å²) in [4.78, 5) is 10.4. The number of nitrogens with two attached hydrogens (primary N) is 1. The van der Waals surface area contributed by atoms with Gasteiger partial charge in [0.05, 0.1) is 6.42 Å². The fourth-order valence-electron chi connectivity index (χ4n) is 1.10. The molecule has 0 aliphatic rings. The number of aliphatic carboxylic acids is 1. The van der Waals surface area contributed by atoms with E-state index in [1.54, 1.807) is 0 Å². The third-order valence-corrected chi connectivity index (χ3v) is 1.81. The summed E-state index contributed by atoms with van der Waals surface area (Å²) in [6.45, 7) is 0. The summed E-state index contributed by atoms with van der Waals surface area (Å²) >= 11 is 0. The third-order valence-electron chi connectivity index (χ3n) is 1.81. The Kier molecular flexibility index (Phi) is 3.11. The molecule has 0 aliphatic heterocycles. The van der Waals surface area contributed by atoms with Gasteiger partial charge in [-0.1, -0.05) is 12.1 Å². The molecule has 0 bridgehead atoms. The van der Waals surface area contributed by atoms with E-state index >= 15 is 0 Å². The van der Waals surface area contributed by atoms with Crippen LogP contribution in [0.1, 0.15) is 5.56 Å². The molecule has 74 valence electrons. The van der Waals surface area contributed by atoms with E-state index in [1.165, 1.54) is 18.2 Å². The van der Waals surface area contributed by atoms with Gasteiger partial charge in [-0.3, -0.25) is 4.79 Å². The minimum Gasteiger partial charge on any atom is -0.481 e. The second kappa shape index (κ2) is 4.12. The van der Waals surface area contributed by atoms with Gasteiger partial charge in [-0.2, -0.15) is 0 Å². The van der Waals surface area contributed by atoms with Crippen LogP contribution in [0.15, 0.2) is 18.2 Å². The van der Waals surface area contributed by atoms with Gasteiger partial charge in [0.2, 0.25) is 0 Å². The van der Waals surface area contributed by atoms with Crippen LogP contribution in [0.5, 0.6) is 0 Å². The van der Waals surface area contributed by atoms with E-state index in [2.05, 4.69) is 0 Å². The van der Waals surface area contributed by atoms with Crippen LogP contribution in [0.4, 0.5) is 5.69 Å². The van der Waals surface area contributed by atoms with Gasteiger partial charge < -0.3 is 20.9 Å². The molecular formula is C8H10BNO4. The van der Waals surface area contributed by atoms with Crippen molar-refractivity contribution in [1.29, 1.82) is 0 Å². The maximum absolute atomic E-state index is 10.4. The summed E-state index contributed by atoms with van der Waals surface area (Å²) in [5.74, 6) is -0.978. The van der Waals surface area contributed by atoms with E-state index in [9.17, 15) is 4.79 Å². The van der Waals surface area contributed by atoms with Gasteiger partial charge in [0.15, 0.2) is 0 Å². The van der Waals surface area contributed by atoms with Crippen LogP contribution in [-0.4, -0.2) is 28.2 Å². The standard InChI is InChI=1S/C8H10BNO4/c10-7-4-6(9(13)14)2-1-5(7)3-8(11)12/h1-2,4,13-14H,3,10H2,(H,11,12). The first-order chi connectivity index (χ1) is 6.50. The molecule has 14 heavy (non-hydrogen) atoms. The number of nitrogen functional groups attached to an aromatic ring is 1. The lowest BCUT2D eigenvalue weighted by Crippen LogP contribution is -2.30. The first kappa shape index (κ1) is 10.6. The smallest absolute Gasteiger partial charge is 0.481 e. The molecule has 1 rings (SSSR count). The van der Waals surface area contributed by atoms with E-state index in [-0.39, 0.29) is 17.6 Å². The normalized spacial score (nSPS) is 9.86. The second-order valence-corrected chi connectivity index (χ2v) is 2.90. The molecule has 5 N–H and O–H groups in total. The highest BCUT2D eigenvalue weighted by molar-refractivity contribution is 6.58. The fraction of sp³-hybridized carbons (Fsp3) is 0.125. The molecule has 0 fully saturated rings. The summed E-state index contributed by atoms with van der Waals surface area (Å²) < 4.78 is 0. The first-order valence-electron chi connectivity index (χ1n) is 3.97. The summed E-state index contributed by atoms with van der Waals surface area (Å²) in [5, 5.41) is 26.1. The highest BCUT2D eigenvalue weighted by Crippen LogP contribution is 2.10. The SMILES string of the molecule is Nc1cc(B(O)O)ccc1CC(=O)O. The van der Waals surface area contributed by atoms with Gasteiger partial charge in [-0.25, -0.2) is 0 Å². The topological polar surface area (TPSA) is 104 Å². The number of benzene rings is 1. The zero-order chi connectivity index (χ0) is 10.7. The maximum Gasteiger partial charge on any atom is 0.488 e. The van der Waals surface area contributed by atoms with Crippen molar-refractivity contribution in [2.45, 2.75) is 6.42 Å². The Bertz CT molecular complexity index is 353. The molecule has 1 aromatic carbocycles. The largest absolute Gasteiger partial charge is 0.488 e. The first-order valence-corrected chi connectivity index (χ1v) is 3.97. The molecule has 0 heterocycles. The lowest BCUT2D eigenvalue weighted by molar-refractivity contribution is -0.136. The van der Waals surface area contributed by atoms with Gasteiger partial charge in [0, 0.05) is 5.69 Å². The summed E-state index contributed by atoms with van der Waals surface area (Å²) in [7, 11) is -1.59. The second-order valence-electron chi connectivity index (χ2n) is 2.90. The molecule has 1 aromatic rings. The van der Waals surface area contributed by atoms with Crippen LogP contribution in [0, 0.1) is 0 Å². The van der Waals surface area contributed by atoms with Gasteiger partial charge in [0.25, 0.3) is 0 Å². The molecule has 0 unspecified atom stereocenters. The van der Waals surface area contributed by atoms with Crippen molar-refractivity contribution in [1.82, 2.24) is 0 Å². The average Bonchev–Trinajstić information content (AvgIpc) is 2.07. The molecule has 0 aliphatic carbocycles. The van der Waals surface area contributed by atoms with Crippen LogP contribution in [0.25, 0.3) is 0 Å². The van der Waals surface area contributed by atoms with E-state index in [0.717, 1.165) is 0 Å². The van der Waals surface area contributed by atoms with Crippen molar-refractivity contribution < 1.29 is 19.9 Å². The van der Waals surface area contributed by atoms with Crippen LogP contribution < -0.4 is 11.2 Å². The molecule has 6 heteroatoms. The molecule has 0 saturated heterocycles. The Morgan fingerprint density at radius 1 is 1.43 bits per heavy atom. The van der Waals surface area contributed by atoms with Crippen molar-refractivity contribution in [3.8, 4) is 0 Å². The summed E-state index contributed by atoms with van der Waals surface area (Å²) in [6.07, 6.45) is -0.173. The van der Waals surface area contributed by atoms with Gasteiger partial charge in [0.1, 0.15) is 0 Å². The number of carbonyl (C=O) groups is 1. The zero-order valence-corrected chi connectivity index (χ0v) is 7.34. The Morgan fingerprint density at radius 3 is 2.50 bits per heavy atom. The molecule has 0 saturated carbocycles. The minimum absolute atomic E-state index is 0.173. The van der Waals surface area contributed by atoms with Gasteiger partial charge >= 0.3 is 13.1 Å². The van der Waals surface area contributed by atoms with E-state index in [0.29, 0.717) is 5.56 Å². The lowest BCUT2D eigenvalue weighted by Gasteiger charge is -2.05. The van der Waals surface area contributed by atoms with Crippen molar-refractivity contribution in [3.63, 3.8) is 0 Å². The highest BCUT2D eigenvalue weighted by atomic mass is 16.4. The minimum atomic E-state index is -1.59. The monoisotopic (exact) mass is 195 g/mol. The van der Waals surface area contributed by atoms with Crippen LogP contribution in [0.3, 0.4) is 0 Å². The van der Waals surface area contributed by atoms with Crippen LogP contribution in [0.2, 0.25) is 0 Å². The number of carboxylic acid groups (broad SMARTS) is 1. The van der Waals surface area contributed by atoms with E-state index < -0.39 is 13.1 Å². The zero-order valence-electron chi connectivity index (χ0n) is 7.34. The Balaban J connectivity index is 2.95. The Labute approximate surface area is 80.9 Å². The summed E-state index contributed by atoms with van der Waals surface area (Å²) in [6, 6.07) is 4.25. The number of anilines is 1. The Hall–Kier alpha value is -1.53. The van der Waals surface area contributed by atoms with Crippen molar-refractivity contribution >= 4 is 24.2 Å². The summed E-state index contributed by atoms with van der Waals surface area (Å²) in [5.41, 5.74) is 6.48. The third kappa shape index (κ3) is 2.48. The molecule has 0 aromatic heterocycles. The quantitative estimate of drug-likeness (QED) is 0.350. The van der Waals surface area contributed by atoms with Crippen LogP contribution >= 0.6 is 0 Å². The van der Waals surface area contributed by atoms with Crippen LogP contribution in [-0.2, 0) is 11.2 Å². The van der Waals surface area contributed by atoms with E-state index in [4.69, 9.17) is 20.9 Å². The molecule has 0 radical (unpaired) electrons. The van der Waals surface area contributed by atoms with Gasteiger partial charge in [-0.15, -0.1) is 0 Å². The molecular weight excluding hydrogens is 185 g/mol. The fourth-order valence-corrected chi connectivity index (χ4v) is 1.10. The predicted octanol–water partition coefficient (Wildman–Crippen LogP) is -1.42. The highest BCUT2D eigenvalue weighted by Gasteiger charge is 2.13. The van der Waals surface area contributed by atoms with Crippen molar-refractivity contribution in [2.24, 2.45) is 0 Å². The van der Waals surface area contributed by atoms with Gasteiger partial charge in [-0.05, 0) is 17.1 Å². The van der Waals surface area contributed by atoms with E-state index in [1.807, 2.05) is 0 Å². The number of carboxylic acids is 1. The molecule has 0 atom stereocenters. The molecule has 0 spiro atoms. The Morgan fingerprint density at radius 2 is 2.07 bits per heavy atom. The van der Waals surface area contributed by atoms with Crippen molar-refractivity contribution in [3.05, 3.63) is 23.8 Å². The van der Waals surface area contributed by atoms with Crippen molar-refractivity contribution in [2.75, 3.05) is 5.73 Å². The number of hydrogen-bond donors (Lipinski definition) is 4. The maximum atomic E-state index is 10.4. The predicted molar refractivity (Wildman–Crippen MR) is 52.0 cm³/mol.